The standard InChI is InChI=1S/C13H16N2O/c1-13(2,3)11-6-4-10(5-7-11)12(16)8-9-15-14/h4-7,9H,8H2,1-3H3. The molecule has 1 aromatic rings. The predicted molar refractivity (Wildman–Crippen MR) is 63.8 cm³/mol. The number of hydrogen-bond acceptors (Lipinski definition) is 1. The first kappa shape index (κ1) is 12.3. The Bertz CT molecular complexity index is 420. The highest BCUT2D eigenvalue weighted by Crippen LogP contribution is 2.22. The third-order valence-electron chi connectivity index (χ3n) is 2.43. The van der Waals surface area contributed by atoms with E-state index < -0.39 is 0 Å². The molecule has 0 heterocycles. The van der Waals surface area contributed by atoms with E-state index in [1.165, 1.54) is 11.8 Å². The molecule has 0 aliphatic rings. The van der Waals surface area contributed by atoms with Gasteiger partial charge in [-0.1, -0.05) is 45.0 Å². The van der Waals surface area contributed by atoms with E-state index in [-0.39, 0.29) is 17.6 Å². The number of hydrogen-bond donors (Lipinski definition) is 0. The van der Waals surface area contributed by atoms with Gasteiger partial charge in [-0.25, -0.2) is 0 Å². The number of carbonyl (C=O) groups excluding carboxylic acids is 1. The molecule has 0 saturated heterocycles. The van der Waals surface area contributed by atoms with Gasteiger partial charge in [0.25, 0.3) is 6.21 Å². The molecule has 3 heteroatoms. The molecule has 0 N–H and O–H groups in total. The molecule has 0 spiro atoms. The summed E-state index contributed by atoms with van der Waals surface area (Å²) in [5.74, 6) is -0.0433. The average molecular weight is 216 g/mol. The maximum absolute atomic E-state index is 11.6. The summed E-state index contributed by atoms with van der Waals surface area (Å²) in [5.41, 5.74) is 10.2. The van der Waals surface area contributed by atoms with Gasteiger partial charge in [-0.05, 0) is 11.0 Å². The molecule has 0 unspecified atom stereocenters. The van der Waals surface area contributed by atoms with Gasteiger partial charge in [0.2, 0.25) is 0 Å². The molecule has 0 amide bonds. The molecule has 0 saturated carbocycles. The van der Waals surface area contributed by atoms with Crippen LogP contribution in [0.5, 0.6) is 0 Å². The molecule has 84 valence electrons. The van der Waals surface area contributed by atoms with Crippen molar-refractivity contribution in [1.29, 1.82) is 0 Å². The van der Waals surface area contributed by atoms with Crippen molar-refractivity contribution < 1.29 is 9.58 Å². The van der Waals surface area contributed by atoms with Gasteiger partial charge in [0.15, 0.2) is 5.78 Å². The van der Waals surface area contributed by atoms with Crippen molar-refractivity contribution in [3.8, 4) is 0 Å². The quantitative estimate of drug-likeness (QED) is 0.332. The highest BCUT2D eigenvalue weighted by atomic mass is 16.1. The summed E-state index contributed by atoms with van der Waals surface area (Å²) in [6, 6.07) is 7.55. The molecule has 0 aliphatic heterocycles. The molecular weight excluding hydrogens is 200 g/mol. The summed E-state index contributed by atoms with van der Waals surface area (Å²) in [6.07, 6.45) is 1.32. The second-order valence-corrected chi connectivity index (χ2v) is 4.75. The summed E-state index contributed by atoms with van der Waals surface area (Å²) in [5, 5.41) is 0. The van der Waals surface area contributed by atoms with Crippen molar-refractivity contribution in [2.75, 3.05) is 0 Å². The zero-order valence-electron chi connectivity index (χ0n) is 9.90. The minimum absolute atomic E-state index is 0.0433. The van der Waals surface area contributed by atoms with Crippen LogP contribution in [0.1, 0.15) is 43.1 Å². The zero-order chi connectivity index (χ0) is 12.2. The summed E-state index contributed by atoms with van der Waals surface area (Å²) in [4.78, 5) is 14.4. The van der Waals surface area contributed by atoms with E-state index in [1.54, 1.807) is 0 Å². The lowest BCUT2D eigenvalue weighted by Crippen LogP contribution is -2.11. The number of nitrogens with zero attached hydrogens (tertiary/aromatic N) is 2. The molecule has 0 bridgehead atoms. The number of benzene rings is 1. The lowest BCUT2D eigenvalue weighted by atomic mass is 9.86. The van der Waals surface area contributed by atoms with Gasteiger partial charge in [0.05, 0.1) is 0 Å². The SMILES string of the molecule is CC(C)(C)c1ccc(C(=O)CC=[N+]=[N-])cc1. The maximum atomic E-state index is 11.6. The van der Waals surface area contributed by atoms with Crippen molar-refractivity contribution in [3.63, 3.8) is 0 Å². The lowest BCUT2D eigenvalue weighted by Gasteiger charge is -2.18. The largest absolute Gasteiger partial charge is 0.362 e. The number of Topliss-reactive ketones (excluding diaryl/α,β-unsaturated/α-hetero) is 1. The Kier molecular flexibility index (Phi) is 3.75. The van der Waals surface area contributed by atoms with E-state index >= 15 is 0 Å². The fourth-order valence-electron chi connectivity index (χ4n) is 1.40. The highest BCUT2D eigenvalue weighted by Gasteiger charge is 2.14. The van der Waals surface area contributed by atoms with E-state index in [9.17, 15) is 4.79 Å². The third kappa shape index (κ3) is 3.14. The third-order valence-corrected chi connectivity index (χ3v) is 2.43. The molecule has 0 aliphatic carbocycles. The number of rotatable bonds is 3. The first-order valence-corrected chi connectivity index (χ1v) is 5.25. The average Bonchev–Trinajstić information content (AvgIpc) is 2.25. The second kappa shape index (κ2) is 4.86. The summed E-state index contributed by atoms with van der Waals surface area (Å²) < 4.78 is 0. The van der Waals surface area contributed by atoms with Crippen LogP contribution >= 0.6 is 0 Å². The first-order valence-electron chi connectivity index (χ1n) is 5.25. The van der Waals surface area contributed by atoms with Crippen LogP contribution in [0.2, 0.25) is 0 Å². The van der Waals surface area contributed by atoms with Crippen molar-refractivity contribution in [2.24, 2.45) is 0 Å². The van der Waals surface area contributed by atoms with Crippen LogP contribution in [-0.2, 0) is 5.41 Å². The molecule has 16 heavy (non-hydrogen) atoms. The van der Waals surface area contributed by atoms with Gasteiger partial charge < -0.3 is 5.53 Å². The summed E-state index contributed by atoms with van der Waals surface area (Å²) in [7, 11) is 0. The first-order chi connectivity index (χ1) is 7.45. The Morgan fingerprint density at radius 3 is 2.31 bits per heavy atom. The fourth-order valence-corrected chi connectivity index (χ4v) is 1.40. The van der Waals surface area contributed by atoms with Crippen LogP contribution < -0.4 is 0 Å². The van der Waals surface area contributed by atoms with Crippen molar-refractivity contribution in [2.45, 2.75) is 32.6 Å². The minimum Gasteiger partial charge on any atom is -0.362 e. The molecule has 0 fully saturated rings. The molecule has 1 rings (SSSR count). The van der Waals surface area contributed by atoms with Gasteiger partial charge in [0, 0.05) is 5.56 Å². The summed E-state index contributed by atoms with van der Waals surface area (Å²) >= 11 is 0. The Morgan fingerprint density at radius 2 is 1.88 bits per heavy atom. The highest BCUT2D eigenvalue weighted by molar-refractivity contribution is 6.02. The lowest BCUT2D eigenvalue weighted by molar-refractivity contribution is 0.00132. The Labute approximate surface area is 95.7 Å². The molecule has 0 aromatic heterocycles. The Hall–Kier alpha value is -1.73. The van der Waals surface area contributed by atoms with Gasteiger partial charge in [0.1, 0.15) is 6.42 Å². The molecule has 0 atom stereocenters. The van der Waals surface area contributed by atoms with Gasteiger partial charge >= 0.3 is 0 Å². The monoisotopic (exact) mass is 216 g/mol. The van der Waals surface area contributed by atoms with Crippen LogP contribution in [0.25, 0.3) is 5.53 Å². The fraction of sp³-hybridized carbons (Fsp3) is 0.385. The second-order valence-electron chi connectivity index (χ2n) is 4.75. The van der Waals surface area contributed by atoms with Crippen LogP contribution in [-0.4, -0.2) is 16.8 Å². The smallest absolute Gasteiger partial charge is 0.265 e. The Balaban J connectivity index is 2.87. The van der Waals surface area contributed by atoms with Gasteiger partial charge in [-0.2, -0.15) is 4.79 Å². The number of ketones is 1. The van der Waals surface area contributed by atoms with E-state index in [2.05, 4.69) is 25.6 Å². The molecule has 1 aromatic carbocycles. The molecule has 3 nitrogen and oxygen atoms in total. The normalized spacial score (nSPS) is 10.7. The molecular formula is C13H16N2O. The number of carbonyl (C=O) groups is 1. The van der Waals surface area contributed by atoms with Gasteiger partial charge in [-0.3, -0.25) is 4.79 Å². The Morgan fingerprint density at radius 1 is 1.31 bits per heavy atom. The summed E-state index contributed by atoms with van der Waals surface area (Å²) in [6.45, 7) is 6.38. The van der Waals surface area contributed by atoms with Gasteiger partial charge in [-0.15, -0.1) is 0 Å². The topological polar surface area (TPSA) is 53.5 Å². The van der Waals surface area contributed by atoms with E-state index in [0.717, 1.165) is 0 Å². The van der Waals surface area contributed by atoms with Crippen LogP contribution in [0, 0.1) is 0 Å². The van der Waals surface area contributed by atoms with Crippen LogP contribution in [0.4, 0.5) is 0 Å². The van der Waals surface area contributed by atoms with E-state index in [4.69, 9.17) is 5.53 Å². The van der Waals surface area contributed by atoms with Crippen molar-refractivity contribution in [3.05, 3.63) is 40.9 Å². The molecule has 0 radical (unpaired) electrons. The van der Waals surface area contributed by atoms with Crippen molar-refractivity contribution >= 4 is 12.0 Å². The van der Waals surface area contributed by atoms with Crippen LogP contribution in [0.15, 0.2) is 24.3 Å². The van der Waals surface area contributed by atoms with Crippen LogP contribution in [0.3, 0.4) is 0 Å². The maximum Gasteiger partial charge on any atom is 0.265 e. The van der Waals surface area contributed by atoms with Crippen molar-refractivity contribution in [1.82, 2.24) is 0 Å². The zero-order valence-corrected chi connectivity index (χ0v) is 9.90. The van der Waals surface area contributed by atoms with E-state index in [1.807, 2.05) is 24.3 Å². The minimum atomic E-state index is -0.0433. The van der Waals surface area contributed by atoms with E-state index in [0.29, 0.717) is 5.56 Å². The predicted octanol–water partition coefficient (Wildman–Crippen LogP) is 2.86.